The minimum absolute atomic E-state index is 0.0995. The fourth-order valence-electron chi connectivity index (χ4n) is 1.89. The highest BCUT2D eigenvalue weighted by atomic mass is 32.2. The molecule has 0 aliphatic carbocycles. The maximum Gasteiger partial charge on any atom is 0.240 e. The van der Waals surface area contributed by atoms with Gasteiger partial charge in [-0.15, -0.1) is 0 Å². The third-order valence-electron chi connectivity index (χ3n) is 3.16. The van der Waals surface area contributed by atoms with Gasteiger partial charge in [0.05, 0.1) is 18.1 Å². The fraction of sp³-hybridized carbons (Fsp3) is 0.176. The Hall–Kier alpha value is -2.15. The molecule has 0 bridgehead atoms. The Kier molecular flexibility index (Phi) is 5.92. The molecule has 0 aliphatic heterocycles. The quantitative estimate of drug-likeness (QED) is 0.813. The predicted octanol–water partition coefficient (Wildman–Crippen LogP) is 2.05. The second-order valence-electron chi connectivity index (χ2n) is 4.86. The molecule has 0 radical (unpaired) electrons. The van der Waals surface area contributed by atoms with Crippen molar-refractivity contribution in [2.24, 2.45) is 0 Å². The maximum absolute atomic E-state index is 12.1. The SMILES string of the molecule is COc1ccc(S(=O)(=O)NCC(O)/C=C/c2ccccc2)cc1. The zero-order chi connectivity index (χ0) is 16.7. The minimum atomic E-state index is -3.66. The second kappa shape index (κ2) is 7.92. The molecule has 2 aromatic carbocycles. The van der Waals surface area contributed by atoms with Crippen molar-refractivity contribution >= 4 is 16.1 Å². The average Bonchev–Trinajstić information content (AvgIpc) is 2.59. The normalized spacial score (nSPS) is 13.1. The van der Waals surface area contributed by atoms with E-state index in [0.29, 0.717) is 5.75 Å². The summed E-state index contributed by atoms with van der Waals surface area (Å²) in [5.74, 6) is 0.578. The highest BCUT2D eigenvalue weighted by molar-refractivity contribution is 7.89. The maximum atomic E-state index is 12.1. The number of hydrogen-bond acceptors (Lipinski definition) is 4. The molecular weight excluding hydrogens is 314 g/mol. The number of benzene rings is 2. The van der Waals surface area contributed by atoms with E-state index in [-0.39, 0.29) is 11.4 Å². The first-order valence-corrected chi connectivity index (χ1v) is 8.54. The van der Waals surface area contributed by atoms with E-state index in [1.807, 2.05) is 30.3 Å². The van der Waals surface area contributed by atoms with Crippen LogP contribution in [0.5, 0.6) is 5.75 Å². The van der Waals surface area contributed by atoms with Crippen LogP contribution in [0.4, 0.5) is 0 Å². The molecule has 122 valence electrons. The molecule has 6 heteroatoms. The first-order valence-electron chi connectivity index (χ1n) is 7.06. The summed E-state index contributed by atoms with van der Waals surface area (Å²) in [4.78, 5) is 0.123. The van der Waals surface area contributed by atoms with E-state index in [1.54, 1.807) is 24.3 Å². The Morgan fingerprint density at radius 1 is 1.13 bits per heavy atom. The summed E-state index contributed by atoms with van der Waals surface area (Å²) in [6.45, 7) is -0.0995. The van der Waals surface area contributed by atoms with Gasteiger partial charge in [-0.3, -0.25) is 0 Å². The van der Waals surface area contributed by atoms with Gasteiger partial charge in [-0.05, 0) is 29.8 Å². The molecule has 1 atom stereocenters. The van der Waals surface area contributed by atoms with Crippen LogP contribution in [0.15, 0.2) is 65.6 Å². The molecule has 0 aromatic heterocycles. The molecule has 0 amide bonds. The van der Waals surface area contributed by atoms with E-state index in [4.69, 9.17) is 4.74 Å². The summed E-state index contributed by atoms with van der Waals surface area (Å²) < 4.78 is 31.6. The van der Waals surface area contributed by atoms with Crippen molar-refractivity contribution in [3.05, 3.63) is 66.2 Å². The second-order valence-corrected chi connectivity index (χ2v) is 6.63. The predicted molar refractivity (Wildman–Crippen MR) is 89.7 cm³/mol. The van der Waals surface area contributed by atoms with Crippen molar-refractivity contribution in [2.45, 2.75) is 11.0 Å². The largest absolute Gasteiger partial charge is 0.497 e. The fourth-order valence-corrected chi connectivity index (χ4v) is 2.94. The molecule has 0 saturated carbocycles. The van der Waals surface area contributed by atoms with E-state index >= 15 is 0 Å². The lowest BCUT2D eigenvalue weighted by Gasteiger charge is -2.09. The van der Waals surface area contributed by atoms with Gasteiger partial charge in [0.15, 0.2) is 0 Å². The van der Waals surface area contributed by atoms with Gasteiger partial charge in [-0.25, -0.2) is 13.1 Å². The first-order chi connectivity index (χ1) is 11.0. The zero-order valence-corrected chi connectivity index (χ0v) is 13.5. The van der Waals surface area contributed by atoms with Gasteiger partial charge in [-0.1, -0.05) is 42.5 Å². The van der Waals surface area contributed by atoms with Gasteiger partial charge in [0, 0.05) is 6.54 Å². The van der Waals surface area contributed by atoms with Crippen LogP contribution in [-0.2, 0) is 10.0 Å². The third kappa shape index (κ3) is 5.21. The monoisotopic (exact) mass is 333 g/mol. The van der Waals surface area contributed by atoms with Crippen LogP contribution in [-0.4, -0.2) is 33.3 Å². The summed E-state index contributed by atoms with van der Waals surface area (Å²) in [5.41, 5.74) is 0.935. The summed E-state index contributed by atoms with van der Waals surface area (Å²) in [6, 6.07) is 15.5. The number of ether oxygens (including phenoxy) is 1. The zero-order valence-electron chi connectivity index (χ0n) is 12.7. The number of sulfonamides is 1. The van der Waals surface area contributed by atoms with Crippen molar-refractivity contribution in [1.82, 2.24) is 4.72 Å². The molecule has 5 nitrogen and oxygen atoms in total. The highest BCUT2D eigenvalue weighted by Gasteiger charge is 2.14. The van der Waals surface area contributed by atoms with Crippen LogP contribution in [0.2, 0.25) is 0 Å². The number of rotatable bonds is 7. The topological polar surface area (TPSA) is 75.6 Å². The Labute approximate surface area is 136 Å². The van der Waals surface area contributed by atoms with Crippen LogP contribution in [0, 0.1) is 0 Å². The number of nitrogens with one attached hydrogen (secondary N) is 1. The molecule has 0 spiro atoms. The van der Waals surface area contributed by atoms with Crippen molar-refractivity contribution in [1.29, 1.82) is 0 Å². The van der Waals surface area contributed by atoms with Gasteiger partial charge in [-0.2, -0.15) is 0 Å². The average molecular weight is 333 g/mol. The van der Waals surface area contributed by atoms with E-state index < -0.39 is 16.1 Å². The lowest BCUT2D eigenvalue weighted by atomic mass is 10.2. The molecule has 0 saturated heterocycles. The van der Waals surface area contributed by atoms with Crippen molar-refractivity contribution in [2.75, 3.05) is 13.7 Å². The standard InChI is InChI=1S/C17H19NO4S/c1-22-16-9-11-17(12-10-16)23(20,21)18-13-15(19)8-7-14-5-3-2-4-6-14/h2-12,15,18-19H,13H2,1H3/b8-7+. The molecule has 0 fully saturated rings. The lowest BCUT2D eigenvalue weighted by Crippen LogP contribution is -2.31. The van der Waals surface area contributed by atoms with Crippen LogP contribution < -0.4 is 9.46 Å². The van der Waals surface area contributed by atoms with Gasteiger partial charge >= 0.3 is 0 Å². The summed E-state index contributed by atoms with van der Waals surface area (Å²) in [6.07, 6.45) is 2.38. The van der Waals surface area contributed by atoms with Crippen LogP contribution in [0.3, 0.4) is 0 Å². The van der Waals surface area contributed by atoms with Crippen molar-refractivity contribution < 1.29 is 18.3 Å². The van der Waals surface area contributed by atoms with Gasteiger partial charge < -0.3 is 9.84 Å². The van der Waals surface area contributed by atoms with Gasteiger partial charge in [0.2, 0.25) is 10.0 Å². The minimum Gasteiger partial charge on any atom is -0.497 e. The number of methoxy groups -OCH3 is 1. The number of hydrogen-bond donors (Lipinski definition) is 2. The van der Waals surface area contributed by atoms with Crippen LogP contribution in [0.1, 0.15) is 5.56 Å². The summed E-state index contributed by atoms with van der Waals surface area (Å²) in [7, 11) is -2.15. The molecule has 0 aliphatic rings. The Balaban J connectivity index is 1.94. The molecule has 1 unspecified atom stereocenters. The molecule has 2 aromatic rings. The van der Waals surface area contributed by atoms with E-state index in [9.17, 15) is 13.5 Å². The van der Waals surface area contributed by atoms with E-state index in [0.717, 1.165) is 5.56 Å². The van der Waals surface area contributed by atoms with Crippen LogP contribution in [0.25, 0.3) is 6.08 Å². The van der Waals surface area contributed by atoms with Crippen LogP contribution >= 0.6 is 0 Å². The van der Waals surface area contributed by atoms with Crippen molar-refractivity contribution in [3.8, 4) is 5.75 Å². The summed E-state index contributed by atoms with van der Waals surface area (Å²) >= 11 is 0. The third-order valence-corrected chi connectivity index (χ3v) is 4.60. The number of aliphatic hydroxyl groups excluding tert-OH is 1. The van der Waals surface area contributed by atoms with Gasteiger partial charge in [0.25, 0.3) is 0 Å². The van der Waals surface area contributed by atoms with Gasteiger partial charge in [0.1, 0.15) is 5.75 Å². The first kappa shape index (κ1) is 17.2. The molecule has 2 rings (SSSR count). The molecule has 0 heterocycles. The molecule has 2 N–H and O–H groups in total. The van der Waals surface area contributed by atoms with Crippen molar-refractivity contribution in [3.63, 3.8) is 0 Å². The Morgan fingerprint density at radius 3 is 2.39 bits per heavy atom. The number of aliphatic hydroxyl groups is 1. The Bertz CT molecular complexity index is 740. The summed E-state index contributed by atoms with van der Waals surface area (Å²) in [5, 5.41) is 9.87. The molecular formula is C17H19NO4S. The van der Waals surface area contributed by atoms with E-state index in [2.05, 4.69) is 4.72 Å². The highest BCUT2D eigenvalue weighted by Crippen LogP contribution is 2.15. The Morgan fingerprint density at radius 2 is 1.78 bits per heavy atom. The smallest absolute Gasteiger partial charge is 0.240 e. The van der Waals surface area contributed by atoms with E-state index in [1.165, 1.54) is 19.2 Å². The lowest BCUT2D eigenvalue weighted by molar-refractivity contribution is 0.227. The molecule has 23 heavy (non-hydrogen) atoms.